The molecule has 3 N–H and O–H groups in total. The number of ether oxygens (including phenoxy) is 1. The van der Waals surface area contributed by atoms with E-state index in [0.29, 0.717) is 6.54 Å². The maximum Gasteiger partial charge on any atom is 0.119 e. The molecule has 0 saturated carbocycles. The van der Waals surface area contributed by atoms with Gasteiger partial charge in [0.2, 0.25) is 0 Å². The summed E-state index contributed by atoms with van der Waals surface area (Å²) in [6.07, 6.45) is 1.82. The number of nitrogens with two attached hydrogens (primary N) is 1. The summed E-state index contributed by atoms with van der Waals surface area (Å²) in [6.45, 7) is 4.97. The predicted molar refractivity (Wildman–Crippen MR) is 63.0 cm³/mol. The van der Waals surface area contributed by atoms with Crippen molar-refractivity contribution in [3.63, 3.8) is 0 Å². The fourth-order valence-corrected chi connectivity index (χ4v) is 1.42. The summed E-state index contributed by atoms with van der Waals surface area (Å²) in [4.78, 5) is 0. The first-order valence-corrected chi connectivity index (χ1v) is 5.00. The van der Waals surface area contributed by atoms with Gasteiger partial charge in [0.15, 0.2) is 0 Å². The van der Waals surface area contributed by atoms with E-state index >= 15 is 0 Å². The molecule has 1 unspecified atom stereocenters. The van der Waals surface area contributed by atoms with Crippen LogP contribution in [0.1, 0.15) is 11.6 Å². The van der Waals surface area contributed by atoms with Gasteiger partial charge in [-0.05, 0) is 17.7 Å². The molecule has 0 amide bonds. The molecule has 1 rings (SSSR count). The zero-order chi connectivity index (χ0) is 11.1. The Morgan fingerprint density at radius 3 is 3.00 bits per heavy atom. The van der Waals surface area contributed by atoms with E-state index in [0.717, 1.165) is 17.9 Å². The summed E-state index contributed by atoms with van der Waals surface area (Å²) < 4.78 is 5.17. The normalized spacial score (nSPS) is 12.1. The molecule has 0 radical (unpaired) electrons. The second-order valence-corrected chi connectivity index (χ2v) is 3.26. The Labute approximate surface area is 90.9 Å². The third-order valence-electron chi connectivity index (χ3n) is 2.24. The zero-order valence-corrected chi connectivity index (χ0v) is 9.07. The molecule has 0 aromatic heterocycles. The highest BCUT2D eigenvalue weighted by Gasteiger charge is 2.08. The van der Waals surface area contributed by atoms with E-state index in [1.54, 1.807) is 7.11 Å². The first kappa shape index (κ1) is 11.8. The van der Waals surface area contributed by atoms with Crippen molar-refractivity contribution in [2.45, 2.75) is 6.04 Å². The smallest absolute Gasteiger partial charge is 0.119 e. The topological polar surface area (TPSA) is 47.3 Å². The lowest BCUT2D eigenvalue weighted by Gasteiger charge is -2.16. The van der Waals surface area contributed by atoms with Crippen LogP contribution in [0.25, 0.3) is 0 Å². The molecule has 0 heterocycles. The summed E-state index contributed by atoms with van der Waals surface area (Å²) in [5.41, 5.74) is 6.84. The van der Waals surface area contributed by atoms with Gasteiger partial charge in [0, 0.05) is 19.1 Å². The van der Waals surface area contributed by atoms with E-state index in [-0.39, 0.29) is 6.04 Å². The molecule has 3 nitrogen and oxygen atoms in total. The van der Waals surface area contributed by atoms with E-state index in [1.165, 1.54) is 0 Å². The average molecular weight is 206 g/mol. The molecule has 0 aliphatic heterocycles. The lowest BCUT2D eigenvalue weighted by molar-refractivity contribution is 0.413. The fraction of sp³-hybridized carbons (Fsp3) is 0.333. The highest BCUT2D eigenvalue weighted by atomic mass is 16.5. The van der Waals surface area contributed by atoms with Crippen molar-refractivity contribution in [2.75, 3.05) is 20.2 Å². The molecule has 1 aromatic rings. The molecule has 0 bridgehead atoms. The van der Waals surface area contributed by atoms with Crippen molar-refractivity contribution in [1.29, 1.82) is 0 Å². The van der Waals surface area contributed by atoms with Crippen LogP contribution in [0.2, 0.25) is 0 Å². The summed E-state index contributed by atoms with van der Waals surface area (Å²) in [7, 11) is 1.66. The van der Waals surface area contributed by atoms with Gasteiger partial charge in [0.1, 0.15) is 5.75 Å². The summed E-state index contributed by atoms with van der Waals surface area (Å²) in [5, 5.41) is 3.29. The largest absolute Gasteiger partial charge is 0.497 e. The molecular formula is C12H18N2O. The molecule has 1 atom stereocenters. The number of nitrogens with one attached hydrogen (secondary N) is 1. The molecule has 82 valence electrons. The molecule has 0 aliphatic rings. The van der Waals surface area contributed by atoms with Gasteiger partial charge in [-0.1, -0.05) is 18.2 Å². The van der Waals surface area contributed by atoms with Crippen LogP contribution in [0.4, 0.5) is 0 Å². The molecule has 0 spiro atoms. The van der Waals surface area contributed by atoms with Crippen molar-refractivity contribution in [1.82, 2.24) is 5.32 Å². The quantitative estimate of drug-likeness (QED) is 0.693. The first-order chi connectivity index (χ1) is 7.31. The van der Waals surface area contributed by atoms with E-state index in [9.17, 15) is 0 Å². The minimum absolute atomic E-state index is 0.151. The number of benzene rings is 1. The van der Waals surface area contributed by atoms with Crippen molar-refractivity contribution in [3.05, 3.63) is 42.5 Å². The maximum absolute atomic E-state index is 5.70. The van der Waals surface area contributed by atoms with E-state index in [4.69, 9.17) is 10.5 Å². The van der Waals surface area contributed by atoms with Crippen LogP contribution in [-0.2, 0) is 0 Å². The Bertz CT molecular complexity index is 312. The van der Waals surface area contributed by atoms with Crippen LogP contribution >= 0.6 is 0 Å². The van der Waals surface area contributed by atoms with E-state index in [1.807, 2.05) is 30.3 Å². The molecule has 0 aliphatic carbocycles. The highest BCUT2D eigenvalue weighted by molar-refractivity contribution is 5.30. The monoisotopic (exact) mass is 206 g/mol. The summed E-state index contributed by atoms with van der Waals surface area (Å²) in [5.74, 6) is 0.853. The van der Waals surface area contributed by atoms with Crippen LogP contribution in [0.15, 0.2) is 36.9 Å². The van der Waals surface area contributed by atoms with Gasteiger partial charge in [0.05, 0.1) is 7.11 Å². The van der Waals surface area contributed by atoms with Crippen molar-refractivity contribution in [2.24, 2.45) is 5.73 Å². The fourth-order valence-electron chi connectivity index (χ4n) is 1.42. The summed E-state index contributed by atoms with van der Waals surface area (Å²) >= 11 is 0. The minimum Gasteiger partial charge on any atom is -0.497 e. The third kappa shape index (κ3) is 3.38. The Balaban J connectivity index is 2.76. The zero-order valence-electron chi connectivity index (χ0n) is 9.07. The lowest BCUT2D eigenvalue weighted by Crippen LogP contribution is -2.28. The second kappa shape index (κ2) is 6.22. The summed E-state index contributed by atoms with van der Waals surface area (Å²) in [6, 6.07) is 8.07. The Hall–Kier alpha value is -1.32. The molecule has 0 fully saturated rings. The Morgan fingerprint density at radius 1 is 1.60 bits per heavy atom. The number of rotatable bonds is 6. The molecule has 1 aromatic carbocycles. The van der Waals surface area contributed by atoms with Crippen molar-refractivity contribution < 1.29 is 4.74 Å². The number of hydrogen-bond donors (Lipinski definition) is 2. The van der Waals surface area contributed by atoms with Gasteiger partial charge in [-0.25, -0.2) is 0 Å². The molecule has 3 heteroatoms. The van der Waals surface area contributed by atoms with E-state index < -0.39 is 0 Å². The average Bonchev–Trinajstić information content (AvgIpc) is 2.30. The van der Waals surface area contributed by atoms with Gasteiger partial charge in [0.25, 0.3) is 0 Å². The minimum atomic E-state index is 0.151. The molecule has 15 heavy (non-hydrogen) atoms. The molecule has 0 saturated heterocycles. The van der Waals surface area contributed by atoms with Crippen LogP contribution in [0.3, 0.4) is 0 Å². The van der Waals surface area contributed by atoms with Crippen molar-refractivity contribution in [3.8, 4) is 5.75 Å². The predicted octanol–water partition coefficient (Wildman–Crippen LogP) is 1.47. The SMILES string of the molecule is C=CCNC(CN)c1cccc(OC)c1. The van der Waals surface area contributed by atoms with Gasteiger partial charge >= 0.3 is 0 Å². The maximum atomic E-state index is 5.70. The van der Waals surface area contributed by atoms with Crippen LogP contribution in [0, 0.1) is 0 Å². The van der Waals surface area contributed by atoms with E-state index in [2.05, 4.69) is 11.9 Å². The highest BCUT2D eigenvalue weighted by Crippen LogP contribution is 2.18. The number of hydrogen-bond acceptors (Lipinski definition) is 3. The first-order valence-electron chi connectivity index (χ1n) is 5.00. The second-order valence-electron chi connectivity index (χ2n) is 3.26. The lowest BCUT2D eigenvalue weighted by atomic mass is 10.1. The standard InChI is InChI=1S/C12H18N2O/c1-3-7-14-12(9-13)10-5-4-6-11(8-10)15-2/h3-6,8,12,14H,1,7,9,13H2,2H3. The van der Waals surface area contributed by atoms with Gasteiger partial charge in [-0.3, -0.25) is 0 Å². The Morgan fingerprint density at radius 2 is 2.40 bits per heavy atom. The van der Waals surface area contributed by atoms with Gasteiger partial charge in [-0.2, -0.15) is 0 Å². The van der Waals surface area contributed by atoms with Crippen LogP contribution in [0.5, 0.6) is 5.75 Å². The Kier molecular flexibility index (Phi) is 4.87. The van der Waals surface area contributed by atoms with Crippen molar-refractivity contribution >= 4 is 0 Å². The third-order valence-corrected chi connectivity index (χ3v) is 2.24. The van der Waals surface area contributed by atoms with Gasteiger partial charge < -0.3 is 15.8 Å². The van der Waals surface area contributed by atoms with Crippen LogP contribution in [-0.4, -0.2) is 20.2 Å². The number of methoxy groups -OCH3 is 1. The molecular weight excluding hydrogens is 188 g/mol. The van der Waals surface area contributed by atoms with Crippen LogP contribution < -0.4 is 15.8 Å². The van der Waals surface area contributed by atoms with Gasteiger partial charge in [-0.15, -0.1) is 6.58 Å².